The van der Waals surface area contributed by atoms with E-state index in [1.807, 2.05) is 23.1 Å². The van der Waals surface area contributed by atoms with Gasteiger partial charge in [-0.05, 0) is 55.4 Å². The van der Waals surface area contributed by atoms with Gasteiger partial charge in [-0.2, -0.15) is 0 Å². The predicted molar refractivity (Wildman–Crippen MR) is 78.0 cm³/mol. The Balaban J connectivity index is 1.78. The summed E-state index contributed by atoms with van der Waals surface area (Å²) < 4.78 is 0. The van der Waals surface area contributed by atoms with E-state index in [9.17, 15) is 4.79 Å². The maximum Gasteiger partial charge on any atom is 0.227 e. The van der Waals surface area contributed by atoms with Crippen molar-refractivity contribution in [3.05, 3.63) is 35.9 Å². The van der Waals surface area contributed by atoms with Crippen LogP contribution in [0.4, 0.5) is 11.4 Å². The molecule has 3 nitrogen and oxygen atoms in total. The minimum atomic E-state index is 0.252. The molecule has 3 heteroatoms. The Morgan fingerprint density at radius 2 is 2.32 bits per heavy atom. The highest BCUT2D eigenvalue weighted by Crippen LogP contribution is 2.30. The SMILES string of the molecule is Nc1ccc2c(c1)CCCN2C(=O)CC1C=CCC1. The number of nitrogen functional groups attached to an aromatic ring is 1. The van der Waals surface area contributed by atoms with Crippen LogP contribution in [-0.4, -0.2) is 12.5 Å². The van der Waals surface area contributed by atoms with Gasteiger partial charge in [0, 0.05) is 24.3 Å². The number of anilines is 2. The van der Waals surface area contributed by atoms with Gasteiger partial charge >= 0.3 is 0 Å². The topological polar surface area (TPSA) is 46.3 Å². The molecule has 0 spiro atoms. The molecule has 1 heterocycles. The van der Waals surface area contributed by atoms with Crippen molar-refractivity contribution < 1.29 is 4.79 Å². The van der Waals surface area contributed by atoms with Gasteiger partial charge in [-0.15, -0.1) is 0 Å². The van der Waals surface area contributed by atoms with Crippen LogP contribution < -0.4 is 10.6 Å². The Labute approximate surface area is 114 Å². The van der Waals surface area contributed by atoms with Crippen molar-refractivity contribution in [2.24, 2.45) is 5.92 Å². The molecule has 0 saturated carbocycles. The molecule has 2 aliphatic rings. The number of amides is 1. The standard InChI is InChI=1S/C16H20N2O/c17-14-7-8-15-13(11-14)6-3-9-18(15)16(19)10-12-4-1-2-5-12/h1,4,7-8,11-12H,2-3,5-6,9-10,17H2. The molecule has 1 aromatic carbocycles. The number of aryl methyl sites for hydroxylation is 1. The number of fused-ring (bicyclic) bond motifs is 1. The minimum Gasteiger partial charge on any atom is -0.399 e. The van der Waals surface area contributed by atoms with Crippen LogP contribution in [0.2, 0.25) is 0 Å². The molecule has 0 radical (unpaired) electrons. The first kappa shape index (κ1) is 12.3. The fourth-order valence-corrected chi connectivity index (χ4v) is 3.08. The van der Waals surface area contributed by atoms with Gasteiger partial charge in [0.2, 0.25) is 5.91 Å². The second-order valence-electron chi connectivity index (χ2n) is 5.51. The lowest BCUT2D eigenvalue weighted by Crippen LogP contribution is -2.36. The number of nitrogens with two attached hydrogens (primary N) is 1. The molecule has 3 rings (SSSR count). The summed E-state index contributed by atoms with van der Waals surface area (Å²) in [5.41, 5.74) is 8.88. The van der Waals surface area contributed by atoms with Crippen LogP contribution in [0.25, 0.3) is 0 Å². The van der Waals surface area contributed by atoms with Crippen LogP contribution >= 0.6 is 0 Å². The third-order valence-corrected chi connectivity index (χ3v) is 4.07. The third-order valence-electron chi connectivity index (χ3n) is 4.07. The van der Waals surface area contributed by atoms with E-state index in [1.165, 1.54) is 5.56 Å². The molecular weight excluding hydrogens is 236 g/mol. The van der Waals surface area contributed by atoms with E-state index in [0.29, 0.717) is 12.3 Å². The summed E-state index contributed by atoms with van der Waals surface area (Å²) in [5, 5.41) is 0. The van der Waals surface area contributed by atoms with Crippen molar-refractivity contribution in [2.75, 3.05) is 17.2 Å². The maximum atomic E-state index is 12.5. The van der Waals surface area contributed by atoms with Gasteiger partial charge < -0.3 is 10.6 Å². The smallest absolute Gasteiger partial charge is 0.227 e. The average Bonchev–Trinajstić information content (AvgIpc) is 2.90. The van der Waals surface area contributed by atoms with Crippen LogP contribution in [0.1, 0.15) is 31.2 Å². The van der Waals surface area contributed by atoms with E-state index in [2.05, 4.69) is 12.2 Å². The molecule has 100 valence electrons. The third kappa shape index (κ3) is 2.50. The summed E-state index contributed by atoms with van der Waals surface area (Å²) in [4.78, 5) is 14.4. The van der Waals surface area contributed by atoms with E-state index in [4.69, 9.17) is 5.73 Å². The average molecular weight is 256 g/mol. The van der Waals surface area contributed by atoms with Crippen LogP contribution in [0, 0.1) is 5.92 Å². The largest absolute Gasteiger partial charge is 0.399 e. The number of rotatable bonds is 2. The summed E-state index contributed by atoms with van der Waals surface area (Å²) in [6.45, 7) is 0.839. The summed E-state index contributed by atoms with van der Waals surface area (Å²) in [6, 6.07) is 5.89. The van der Waals surface area contributed by atoms with Gasteiger partial charge in [-0.1, -0.05) is 12.2 Å². The quantitative estimate of drug-likeness (QED) is 0.653. The van der Waals surface area contributed by atoms with Crippen LogP contribution in [0.15, 0.2) is 30.4 Å². The normalized spacial score (nSPS) is 21.5. The second kappa shape index (κ2) is 5.08. The van der Waals surface area contributed by atoms with Crippen molar-refractivity contribution in [1.82, 2.24) is 0 Å². The van der Waals surface area contributed by atoms with Crippen molar-refractivity contribution in [3.63, 3.8) is 0 Å². The molecule has 1 amide bonds. The lowest BCUT2D eigenvalue weighted by atomic mass is 9.98. The van der Waals surface area contributed by atoms with Crippen molar-refractivity contribution in [3.8, 4) is 0 Å². The van der Waals surface area contributed by atoms with Gasteiger partial charge in [0.25, 0.3) is 0 Å². The number of allylic oxidation sites excluding steroid dienone is 2. The van der Waals surface area contributed by atoms with Crippen LogP contribution in [0.3, 0.4) is 0 Å². The first-order valence-electron chi connectivity index (χ1n) is 7.09. The van der Waals surface area contributed by atoms with Gasteiger partial charge in [-0.25, -0.2) is 0 Å². The number of nitrogens with zero attached hydrogens (tertiary/aromatic N) is 1. The molecule has 1 aliphatic heterocycles. The zero-order chi connectivity index (χ0) is 13.2. The Morgan fingerprint density at radius 3 is 3.11 bits per heavy atom. The Bertz CT molecular complexity index is 521. The fraction of sp³-hybridized carbons (Fsp3) is 0.438. The van der Waals surface area contributed by atoms with Crippen molar-refractivity contribution >= 4 is 17.3 Å². The van der Waals surface area contributed by atoms with E-state index in [1.54, 1.807) is 0 Å². The summed E-state index contributed by atoms with van der Waals surface area (Å²) in [5.74, 6) is 0.689. The fourth-order valence-electron chi connectivity index (χ4n) is 3.08. The number of carbonyl (C=O) groups is 1. The second-order valence-corrected chi connectivity index (χ2v) is 5.51. The number of hydrogen-bond donors (Lipinski definition) is 1. The molecule has 1 aliphatic carbocycles. The zero-order valence-corrected chi connectivity index (χ0v) is 11.1. The molecule has 0 saturated heterocycles. The van der Waals surface area contributed by atoms with E-state index < -0.39 is 0 Å². The monoisotopic (exact) mass is 256 g/mol. The van der Waals surface area contributed by atoms with Gasteiger partial charge in [0.15, 0.2) is 0 Å². The number of carbonyl (C=O) groups excluding carboxylic acids is 1. The van der Waals surface area contributed by atoms with Gasteiger partial charge in [0.05, 0.1) is 0 Å². The lowest BCUT2D eigenvalue weighted by molar-refractivity contribution is -0.119. The lowest BCUT2D eigenvalue weighted by Gasteiger charge is -2.30. The molecule has 19 heavy (non-hydrogen) atoms. The van der Waals surface area contributed by atoms with Gasteiger partial charge in [0.1, 0.15) is 0 Å². The highest BCUT2D eigenvalue weighted by Gasteiger charge is 2.24. The van der Waals surface area contributed by atoms with Crippen molar-refractivity contribution in [2.45, 2.75) is 32.1 Å². The molecule has 0 bridgehead atoms. The van der Waals surface area contributed by atoms with Crippen LogP contribution in [0.5, 0.6) is 0 Å². The van der Waals surface area contributed by atoms with Gasteiger partial charge in [-0.3, -0.25) is 4.79 Å². The highest BCUT2D eigenvalue weighted by atomic mass is 16.2. The molecule has 0 aromatic heterocycles. The Kier molecular flexibility index (Phi) is 3.28. The molecule has 2 N–H and O–H groups in total. The number of hydrogen-bond acceptors (Lipinski definition) is 2. The highest BCUT2D eigenvalue weighted by molar-refractivity contribution is 5.95. The summed E-state index contributed by atoms with van der Waals surface area (Å²) >= 11 is 0. The van der Waals surface area contributed by atoms with E-state index in [0.717, 1.165) is 43.6 Å². The maximum absolute atomic E-state index is 12.5. The minimum absolute atomic E-state index is 0.252. The molecule has 0 fully saturated rings. The predicted octanol–water partition coefficient (Wildman–Crippen LogP) is 2.90. The van der Waals surface area contributed by atoms with E-state index in [-0.39, 0.29) is 5.91 Å². The molecule has 1 atom stereocenters. The first-order chi connectivity index (χ1) is 9.24. The summed E-state index contributed by atoms with van der Waals surface area (Å²) in [6.07, 6.45) is 9.30. The first-order valence-corrected chi connectivity index (χ1v) is 7.09. The molecular formula is C16H20N2O. The van der Waals surface area contributed by atoms with E-state index >= 15 is 0 Å². The summed E-state index contributed by atoms with van der Waals surface area (Å²) in [7, 11) is 0. The zero-order valence-electron chi connectivity index (χ0n) is 11.1. The van der Waals surface area contributed by atoms with Crippen LogP contribution in [-0.2, 0) is 11.2 Å². The Morgan fingerprint density at radius 1 is 1.42 bits per heavy atom. The molecule has 1 aromatic rings. The van der Waals surface area contributed by atoms with Crippen molar-refractivity contribution in [1.29, 1.82) is 0 Å². The number of benzene rings is 1. The Hall–Kier alpha value is -1.77. The molecule has 1 unspecified atom stereocenters.